The molecule has 2 aromatic heterocycles. The molecule has 0 spiro atoms. The Hall–Kier alpha value is -2.43. The van der Waals surface area contributed by atoms with Crippen LogP contribution in [0.4, 0.5) is 5.82 Å². The van der Waals surface area contributed by atoms with Crippen molar-refractivity contribution in [3.63, 3.8) is 0 Å². The molecule has 0 atom stereocenters. The van der Waals surface area contributed by atoms with Gasteiger partial charge in [-0.2, -0.15) is 0 Å². The summed E-state index contributed by atoms with van der Waals surface area (Å²) in [5.41, 5.74) is 8.25. The van der Waals surface area contributed by atoms with Crippen molar-refractivity contribution >= 4 is 17.0 Å². The van der Waals surface area contributed by atoms with Gasteiger partial charge in [0.25, 0.3) is 0 Å². The number of nitrogen functional groups attached to an aromatic ring is 1. The van der Waals surface area contributed by atoms with E-state index >= 15 is 0 Å². The molecule has 3 rings (SSSR count). The molecule has 0 aliphatic carbocycles. The third kappa shape index (κ3) is 2.88. The van der Waals surface area contributed by atoms with E-state index in [4.69, 9.17) is 5.73 Å². The van der Waals surface area contributed by atoms with Crippen molar-refractivity contribution in [2.75, 3.05) is 5.73 Å². The van der Waals surface area contributed by atoms with Crippen molar-refractivity contribution in [2.24, 2.45) is 0 Å². The molecule has 0 radical (unpaired) electrons. The zero-order chi connectivity index (χ0) is 13.7. The van der Waals surface area contributed by atoms with Gasteiger partial charge in [0, 0.05) is 6.42 Å². The van der Waals surface area contributed by atoms with Crippen LogP contribution in [0.15, 0.2) is 36.7 Å². The molecule has 1 aromatic carbocycles. The number of anilines is 1. The van der Waals surface area contributed by atoms with Gasteiger partial charge in [-0.3, -0.25) is 0 Å². The molecule has 0 aliphatic rings. The van der Waals surface area contributed by atoms with Crippen LogP contribution in [0, 0.1) is 0 Å². The van der Waals surface area contributed by atoms with Crippen molar-refractivity contribution in [1.82, 2.24) is 19.9 Å². The van der Waals surface area contributed by atoms with Crippen LogP contribution in [0.25, 0.3) is 11.2 Å². The third-order valence-corrected chi connectivity index (χ3v) is 2.58. The number of nitrogens with zero attached hydrogens (tertiary/aromatic N) is 3. The molecule has 19 heavy (non-hydrogen) atoms. The summed E-state index contributed by atoms with van der Waals surface area (Å²) in [5, 5.41) is 0. The lowest BCUT2D eigenvalue weighted by Gasteiger charge is -1.96. The number of nitrogens with two attached hydrogens (primary N) is 1. The van der Waals surface area contributed by atoms with Gasteiger partial charge in [-0.15, -0.1) is 0 Å². The highest BCUT2D eigenvalue weighted by Gasteiger charge is 2.07. The first-order chi connectivity index (χ1) is 9.33. The van der Waals surface area contributed by atoms with Crippen LogP contribution in [0.2, 0.25) is 0 Å². The third-order valence-electron chi connectivity index (χ3n) is 2.58. The van der Waals surface area contributed by atoms with Gasteiger partial charge in [-0.05, 0) is 5.56 Å². The van der Waals surface area contributed by atoms with E-state index < -0.39 is 0 Å². The van der Waals surface area contributed by atoms with Gasteiger partial charge < -0.3 is 10.7 Å². The Morgan fingerprint density at radius 1 is 1.11 bits per heavy atom. The Kier molecular flexibility index (Phi) is 4.07. The SMILES string of the molecule is CC.Nc1ncnc2nc(Cc3ccccc3)[nH]c12. The van der Waals surface area contributed by atoms with Crippen LogP contribution in [0.5, 0.6) is 0 Å². The van der Waals surface area contributed by atoms with E-state index in [-0.39, 0.29) is 0 Å². The van der Waals surface area contributed by atoms with E-state index in [1.807, 2.05) is 32.0 Å². The summed E-state index contributed by atoms with van der Waals surface area (Å²) in [4.78, 5) is 15.5. The fourth-order valence-corrected chi connectivity index (χ4v) is 1.77. The fourth-order valence-electron chi connectivity index (χ4n) is 1.77. The number of H-pyrrole nitrogens is 1. The number of nitrogens with one attached hydrogen (secondary N) is 1. The molecule has 0 fully saturated rings. The molecule has 0 saturated heterocycles. The Labute approximate surface area is 111 Å². The number of fused-ring (bicyclic) bond motifs is 1. The molecular weight excluding hydrogens is 238 g/mol. The van der Waals surface area contributed by atoms with Crippen LogP contribution < -0.4 is 5.73 Å². The van der Waals surface area contributed by atoms with Crippen LogP contribution in [0.1, 0.15) is 25.2 Å². The molecular formula is C14H17N5. The maximum atomic E-state index is 5.74. The fraction of sp³-hybridized carbons (Fsp3) is 0.214. The van der Waals surface area contributed by atoms with Gasteiger partial charge >= 0.3 is 0 Å². The number of rotatable bonds is 2. The minimum atomic E-state index is 0.432. The molecule has 0 bridgehead atoms. The number of aromatic nitrogens is 4. The Balaban J connectivity index is 0.000000637. The zero-order valence-corrected chi connectivity index (χ0v) is 11.1. The summed E-state index contributed by atoms with van der Waals surface area (Å²) in [5.74, 6) is 1.28. The number of aromatic amines is 1. The quantitative estimate of drug-likeness (QED) is 0.737. The highest BCUT2D eigenvalue weighted by molar-refractivity contribution is 5.81. The monoisotopic (exact) mass is 255 g/mol. The minimum absolute atomic E-state index is 0.432. The standard InChI is InChI=1S/C12H11N5.C2H6/c13-11-10-12(15-7-14-11)17-9(16-10)6-8-4-2-1-3-5-8;1-2/h1-5,7H,6H2,(H3,13,14,15,16,17);1-2H3. The van der Waals surface area contributed by atoms with Crippen LogP contribution in [-0.4, -0.2) is 19.9 Å². The van der Waals surface area contributed by atoms with E-state index in [1.165, 1.54) is 11.9 Å². The largest absolute Gasteiger partial charge is 0.382 e. The van der Waals surface area contributed by atoms with E-state index in [9.17, 15) is 0 Å². The van der Waals surface area contributed by atoms with Crippen molar-refractivity contribution in [2.45, 2.75) is 20.3 Å². The summed E-state index contributed by atoms with van der Waals surface area (Å²) in [6.45, 7) is 4.00. The van der Waals surface area contributed by atoms with Crippen molar-refractivity contribution in [1.29, 1.82) is 0 Å². The van der Waals surface area contributed by atoms with E-state index in [0.29, 0.717) is 17.0 Å². The van der Waals surface area contributed by atoms with Gasteiger partial charge in [0.2, 0.25) is 0 Å². The van der Waals surface area contributed by atoms with Gasteiger partial charge in [-0.25, -0.2) is 15.0 Å². The van der Waals surface area contributed by atoms with E-state index in [0.717, 1.165) is 12.2 Å². The number of hydrogen-bond acceptors (Lipinski definition) is 4. The second kappa shape index (κ2) is 5.95. The molecule has 5 heteroatoms. The van der Waals surface area contributed by atoms with E-state index in [2.05, 4.69) is 32.1 Å². The molecule has 0 amide bonds. The normalized spacial score (nSPS) is 10.0. The van der Waals surface area contributed by atoms with E-state index in [1.54, 1.807) is 0 Å². The molecule has 98 valence electrons. The highest BCUT2D eigenvalue weighted by Crippen LogP contribution is 2.15. The van der Waals surface area contributed by atoms with Crippen LogP contribution in [-0.2, 0) is 6.42 Å². The minimum Gasteiger partial charge on any atom is -0.382 e. The summed E-state index contributed by atoms with van der Waals surface area (Å²) in [6.07, 6.45) is 2.15. The first-order valence-electron chi connectivity index (χ1n) is 6.32. The van der Waals surface area contributed by atoms with Crippen molar-refractivity contribution < 1.29 is 0 Å². The second-order valence-corrected chi connectivity index (χ2v) is 3.80. The average molecular weight is 255 g/mol. The van der Waals surface area contributed by atoms with Gasteiger partial charge in [0.15, 0.2) is 11.5 Å². The lowest BCUT2D eigenvalue weighted by atomic mass is 10.1. The van der Waals surface area contributed by atoms with Gasteiger partial charge in [0.05, 0.1) is 0 Å². The predicted octanol–water partition coefficient (Wildman–Crippen LogP) is 2.55. The highest BCUT2D eigenvalue weighted by atomic mass is 15.0. The Morgan fingerprint density at radius 3 is 2.53 bits per heavy atom. The zero-order valence-electron chi connectivity index (χ0n) is 11.1. The summed E-state index contributed by atoms with van der Waals surface area (Å²) < 4.78 is 0. The lowest BCUT2D eigenvalue weighted by Crippen LogP contribution is -1.92. The Bertz CT molecular complexity index is 645. The second-order valence-electron chi connectivity index (χ2n) is 3.80. The first kappa shape index (κ1) is 13.0. The Morgan fingerprint density at radius 2 is 1.84 bits per heavy atom. The topological polar surface area (TPSA) is 80.5 Å². The van der Waals surface area contributed by atoms with Crippen molar-refractivity contribution in [3.8, 4) is 0 Å². The maximum absolute atomic E-state index is 5.74. The summed E-state index contributed by atoms with van der Waals surface area (Å²) in [6, 6.07) is 10.1. The van der Waals surface area contributed by atoms with Crippen LogP contribution in [0.3, 0.4) is 0 Å². The van der Waals surface area contributed by atoms with Crippen LogP contribution >= 0.6 is 0 Å². The maximum Gasteiger partial charge on any atom is 0.183 e. The van der Waals surface area contributed by atoms with Gasteiger partial charge in [-0.1, -0.05) is 44.2 Å². The molecule has 0 unspecified atom stereocenters. The average Bonchev–Trinajstić information content (AvgIpc) is 2.86. The van der Waals surface area contributed by atoms with Gasteiger partial charge in [0.1, 0.15) is 17.7 Å². The first-order valence-corrected chi connectivity index (χ1v) is 6.32. The van der Waals surface area contributed by atoms with Crippen molar-refractivity contribution in [3.05, 3.63) is 48.0 Å². The molecule has 3 N–H and O–H groups in total. The number of imidazole rings is 1. The summed E-state index contributed by atoms with van der Waals surface area (Å²) in [7, 11) is 0. The smallest absolute Gasteiger partial charge is 0.183 e. The molecule has 0 saturated carbocycles. The molecule has 0 aliphatic heterocycles. The number of hydrogen-bond donors (Lipinski definition) is 2. The number of benzene rings is 1. The predicted molar refractivity (Wildman–Crippen MR) is 76.7 cm³/mol. The molecule has 2 heterocycles. The summed E-state index contributed by atoms with van der Waals surface area (Å²) >= 11 is 0. The molecule has 3 aromatic rings. The molecule has 5 nitrogen and oxygen atoms in total. The lowest BCUT2D eigenvalue weighted by molar-refractivity contribution is 1.03.